The third-order valence-corrected chi connectivity index (χ3v) is 5.66. The highest BCUT2D eigenvalue weighted by molar-refractivity contribution is 6.08. The zero-order valence-electron chi connectivity index (χ0n) is 19.2. The number of benzene rings is 2. The molecule has 2 aromatic carbocycles. The van der Waals surface area contributed by atoms with Crippen LogP contribution in [0.3, 0.4) is 0 Å². The van der Waals surface area contributed by atoms with Crippen molar-refractivity contribution in [2.45, 2.75) is 46.2 Å². The van der Waals surface area contributed by atoms with Gasteiger partial charge in [-0.1, -0.05) is 31.4 Å². The number of nitrogens with zero attached hydrogens (tertiary/aromatic N) is 3. The van der Waals surface area contributed by atoms with Gasteiger partial charge in [-0.25, -0.2) is 4.79 Å². The highest BCUT2D eigenvalue weighted by atomic mass is 16.4. The first kappa shape index (κ1) is 22.4. The number of fused-ring (bicyclic) bond motifs is 2. The Labute approximate surface area is 193 Å². The minimum absolute atomic E-state index is 0.126. The minimum atomic E-state index is -1.08. The summed E-state index contributed by atoms with van der Waals surface area (Å²) < 4.78 is 1.77. The van der Waals surface area contributed by atoms with Gasteiger partial charge in [0.1, 0.15) is 5.82 Å². The van der Waals surface area contributed by atoms with E-state index in [0.717, 1.165) is 39.4 Å². The van der Waals surface area contributed by atoms with Crippen molar-refractivity contribution in [2.24, 2.45) is 7.05 Å². The molecule has 0 spiro atoms. The van der Waals surface area contributed by atoms with E-state index in [0.29, 0.717) is 12.1 Å². The number of carboxylic acid groups (broad SMARTS) is 1. The Morgan fingerprint density at radius 1 is 1.12 bits per heavy atom. The molecule has 1 aliphatic heterocycles. The molecule has 172 valence electrons. The zero-order valence-corrected chi connectivity index (χ0v) is 19.2. The summed E-state index contributed by atoms with van der Waals surface area (Å²) in [6.45, 7) is 4.48. The van der Waals surface area contributed by atoms with Crippen LogP contribution in [0.1, 0.15) is 51.9 Å². The summed E-state index contributed by atoms with van der Waals surface area (Å²) in [7, 11) is 1.87. The fraction of sp³-hybridized carbons (Fsp3) is 0.320. The first-order chi connectivity index (χ1) is 15.8. The molecule has 3 N–H and O–H groups in total. The van der Waals surface area contributed by atoms with Crippen LogP contribution in [-0.4, -0.2) is 26.9 Å². The average molecular weight is 448 g/mol. The van der Waals surface area contributed by atoms with Crippen molar-refractivity contribution < 1.29 is 14.7 Å². The molecule has 33 heavy (non-hydrogen) atoms. The molecule has 0 saturated heterocycles. The van der Waals surface area contributed by atoms with E-state index < -0.39 is 6.09 Å². The van der Waals surface area contributed by atoms with Crippen molar-refractivity contribution in [1.82, 2.24) is 15.1 Å². The Balaban J connectivity index is 0.000000799. The predicted octanol–water partition coefficient (Wildman–Crippen LogP) is 4.88. The largest absolute Gasteiger partial charge is 0.465 e. The van der Waals surface area contributed by atoms with Gasteiger partial charge in [-0.3, -0.25) is 9.48 Å². The molecular formula is C25H29N5O3. The molecule has 3 aromatic rings. The Bertz CT molecular complexity index is 1200. The molecule has 1 aliphatic carbocycles. The molecule has 0 atom stereocenters. The number of nitrogens with one attached hydrogen (secondary N) is 2. The van der Waals surface area contributed by atoms with Crippen LogP contribution in [0, 0.1) is 13.8 Å². The molecule has 8 heteroatoms. The van der Waals surface area contributed by atoms with Gasteiger partial charge in [-0.15, -0.1) is 0 Å². The van der Waals surface area contributed by atoms with E-state index in [-0.39, 0.29) is 12.5 Å². The van der Waals surface area contributed by atoms with Crippen molar-refractivity contribution in [2.75, 3.05) is 10.2 Å². The minimum Gasteiger partial charge on any atom is -0.465 e. The third-order valence-electron chi connectivity index (χ3n) is 5.66. The number of aryl methyl sites for hydroxylation is 3. The van der Waals surface area contributed by atoms with E-state index in [2.05, 4.69) is 15.7 Å². The smallest absolute Gasteiger partial charge is 0.404 e. The van der Waals surface area contributed by atoms with Crippen LogP contribution in [0.5, 0.6) is 0 Å². The molecule has 5 rings (SSSR count). The molecule has 8 nitrogen and oxygen atoms in total. The van der Waals surface area contributed by atoms with E-state index >= 15 is 0 Å². The van der Waals surface area contributed by atoms with Gasteiger partial charge in [0.05, 0.1) is 24.1 Å². The average Bonchev–Trinajstić information content (AvgIpc) is 3.63. The summed E-state index contributed by atoms with van der Waals surface area (Å²) in [6.07, 6.45) is 5.19. The molecule has 1 fully saturated rings. The van der Waals surface area contributed by atoms with Crippen LogP contribution in [0.15, 0.2) is 42.6 Å². The molecule has 2 amide bonds. The first-order valence-corrected chi connectivity index (χ1v) is 11.1. The molecule has 2 aliphatic rings. The third kappa shape index (κ3) is 5.16. The number of rotatable bonds is 3. The van der Waals surface area contributed by atoms with Crippen LogP contribution < -0.4 is 15.5 Å². The summed E-state index contributed by atoms with van der Waals surface area (Å²) in [5.74, 6) is 0.739. The number of hydrogen-bond acceptors (Lipinski definition) is 4. The number of anilines is 3. The summed E-state index contributed by atoms with van der Waals surface area (Å²) >= 11 is 0. The topological polar surface area (TPSA) is 99.5 Å². The summed E-state index contributed by atoms with van der Waals surface area (Å²) in [4.78, 5) is 26.0. The standard InChI is InChI=1S/C22H23N5O3.C3H6/c1-13-4-7-19-18(8-13)25-20-17(11-24-26(20)3)12-27(19)21(28)15-5-6-16(14(2)9-15)10-23-22(29)30;1-2-3-1/h4-9,11,23,25H,10,12H2,1-3H3,(H,29,30);1-3H2. The second-order valence-corrected chi connectivity index (χ2v) is 8.54. The van der Waals surface area contributed by atoms with Crippen molar-refractivity contribution in [3.63, 3.8) is 0 Å². The number of carbonyl (C=O) groups is 2. The molecule has 1 aromatic heterocycles. The number of hydrogen-bond donors (Lipinski definition) is 3. The van der Waals surface area contributed by atoms with E-state index in [4.69, 9.17) is 5.11 Å². The lowest BCUT2D eigenvalue weighted by Crippen LogP contribution is -2.30. The van der Waals surface area contributed by atoms with Gasteiger partial charge in [-0.2, -0.15) is 5.10 Å². The fourth-order valence-electron chi connectivity index (χ4n) is 3.66. The highest BCUT2D eigenvalue weighted by Gasteiger charge is 2.27. The Kier molecular flexibility index (Phi) is 6.35. The predicted molar refractivity (Wildman–Crippen MR) is 128 cm³/mol. The quantitative estimate of drug-likeness (QED) is 0.531. The summed E-state index contributed by atoms with van der Waals surface area (Å²) in [6, 6.07) is 11.3. The van der Waals surface area contributed by atoms with Crippen LogP contribution in [0.2, 0.25) is 0 Å². The summed E-state index contributed by atoms with van der Waals surface area (Å²) in [5.41, 5.74) is 5.90. The normalized spacial score (nSPS) is 13.5. The summed E-state index contributed by atoms with van der Waals surface area (Å²) in [5, 5.41) is 18.9. The molecule has 0 bridgehead atoms. The molecule has 2 heterocycles. The molecule has 0 radical (unpaired) electrons. The van der Waals surface area contributed by atoms with Gasteiger partial charge >= 0.3 is 6.09 Å². The Hall–Kier alpha value is -3.81. The fourth-order valence-corrected chi connectivity index (χ4v) is 3.66. The number of amides is 2. The van der Waals surface area contributed by atoms with Crippen LogP contribution in [0.4, 0.5) is 22.0 Å². The molecular weight excluding hydrogens is 418 g/mol. The van der Waals surface area contributed by atoms with E-state index in [1.807, 2.05) is 39.1 Å². The lowest BCUT2D eigenvalue weighted by Gasteiger charge is -2.23. The second kappa shape index (κ2) is 9.36. The number of carbonyl (C=O) groups excluding carboxylic acids is 1. The number of aromatic nitrogens is 2. The van der Waals surface area contributed by atoms with Crippen LogP contribution >= 0.6 is 0 Å². The first-order valence-electron chi connectivity index (χ1n) is 11.1. The van der Waals surface area contributed by atoms with Gasteiger partial charge in [0.15, 0.2) is 0 Å². The lowest BCUT2D eigenvalue weighted by atomic mass is 10.0. The zero-order chi connectivity index (χ0) is 23.5. The van der Waals surface area contributed by atoms with Gasteiger partial charge in [0, 0.05) is 24.7 Å². The van der Waals surface area contributed by atoms with Crippen molar-refractivity contribution in [3.05, 3.63) is 70.4 Å². The van der Waals surface area contributed by atoms with Gasteiger partial charge in [0.25, 0.3) is 5.91 Å². The van der Waals surface area contributed by atoms with Crippen LogP contribution in [0.25, 0.3) is 0 Å². The maximum Gasteiger partial charge on any atom is 0.404 e. The Morgan fingerprint density at radius 2 is 1.88 bits per heavy atom. The Morgan fingerprint density at radius 3 is 2.55 bits per heavy atom. The van der Waals surface area contributed by atoms with Gasteiger partial charge < -0.3 is 20.6 Å². The highest BCUT2D eigenvalue weighted by Crippen LogP contribution is 2.37. The SMILES string of the molecule is C1CC1.Cc1ccc2c(c1)Nc1c(cnn1C)CN2C(=O)c1ccc(CNC(=O)O)c(C)c1. The molecule has 0 unspecified atom stereocenters. The van der Waals surface area contributed by atoms with Gasteiger partial charge in [-0.05, 0) is 54.8 Å². The van der Waals surface area contributed by atoms with E-state index in [1.165, 1.54) is 19.3 Å². The lowest BCUT2D eigenvalue weighted by molar-refractivity contribution is 0.0985. The van der Waals surface area contributed by atoms with Gasteiger partial charge in [0.2, 0.25) is 0 Å². The van der Waals surface area contributed by atoms with Crippen molar-refractivity contribution >= 4 is 29.2 Å². The maximum atomic E-state index is 13.5. The van der Waals surface area contributed by atoms with Crippen molar-refractivity contribution in [3.8, 4) is 0 Å². The molecule has 1 saturated carbocycles. The van der Waals surface area contributed by atoms with Crippen LogP contribution in [-0.2, 0) is 20.1 Å². The van der Waals surface area contributed by atoms with E-state index in [9.17, 15) is 9.59 Å². The monoisotopic (exact) mass is 447 g/mol. The second-order valence-electron chi connectivity index (χ2n) is 8.54. The van der Waals surface area contributed by atoms with E-state index in [1.54, 1.807) is 34.0 Å². The maximum absolute atomic E-state index is 13.5. The van der Waals surface area contributed by atoms with Crippen molar-refractivity contribution in [1.29, 1.82) is 0 Å².